The van der Waals surface area contributed by atoms with Crippen LogP contribution in [0.5, 0.6) is 5.75 Å². The predicted molar refractivity (Wildman–Crippen MR) is 102 cm³/mol. The normalized spacial score (nSPS) is 10.5. The zero-order valence-corrected chi connectivity index (χ0v) is 15.4. The smallest absolute Gasteiger partial charge is 0.339 e. The van der Waals surface area contributed by atoms with E-state index in [0.717, 1.165) is 22.1 Å². The third-order valence-electron chi connectivity index (χ3n) is 4.04. The Bertz CT molecular complexity index is 921. The maximum atomic E-state index is 12.2. The molecule has 0 saturated carbocycles. The van der Waals surface area contributed by atoms with Crippen LogP contribution in [-0.2, 0) is 16.1 Å². The molecule has 6 heteroatoms. The van der Waals surface area contributed by atoms with Gasteiger partial charge < -0.3 is 14.4 Å². The lowest BCUT2D eigenvalue weighted by atomic mass is 10.1. The van der Waals surface area contributed by atoms with Crippen LogP contribution in [0.15, 0.2) is 53.2 Å². The molecule has 1 heterocycles. The van der Waals surface area contributed by atoms with Gasteiger partial charge in [-0.05, 0) is 46.0 Å². The molecule has 0 aliphatic carbocycles. The summed E-state index contributed by atoms with van der Waals surface area (Å²) in [6, 6.07) is 13.6. The van der Waals surface area contributed by atoms with Crippen LogP contribution in [0.2, 0.25) is 0 Å². The van der Waals surface area contributed by atoms with E-state index in [9.17, 15) is 9.59 Å². The highest BCUT2D eigenvalue weighted by Gasteiger charge is 2.14. The van der Waals surface area contributed by atoms with E-state index in [-0.39, 0.29) is 12.5 Å². The van der Waals surface area contributed by atoms with Gasteiger partial charge in [0.25, 0.3) is 5.91 Å². The molecule has 0 unspecified atom stereocenters. The van der Waals surface area contributed by atoms with Gasteiger partial charge in [-0.3, -0.25) is 4.79 Å². The first kappa shape index (κ1) is 17.9. The number of hydrogen-bond donors (Lipinski definition) is 0. The highest BCUT2D eigenvalue weighted by atomic mass is 32.1. The van der Waals surface area contributed by atoms with Gasteiger partial charge in [0, 0.05) is 19.0 Å². The monoisotopic (exact) mass is 369 g/mol. The molecule has 26 heavy (non-hydrogen) atoms. The average molecular weight is 369 g/mol. The van der Waals surface area contributed by atoms with E-state index < -0.39 is 5.97 Å². The third-order valence-corrected chi connectivity index (χ3v) is 4.72. The van der Waals surface area contributed by atoms with Crippen LogP contribution in [0.4, 0.5) is 0 Å². The number of esters is 1. The van der Waals surface area contributed by atoms with Crippen molar-refractivity contribution in [3.63, 3.8) is 0 Å². The van der Waals surface area contributed by atoms with Crippen LogP contribution < -0.4 is 4.74 Å². The summed E-state index contributed by atoms with van der Waals surface area (Å²) >= 11 is 1.41. The summed E-state index contributed by atoms with van der Waals surface area (Å²) in [5.41, 5.74) is 1.47. The van der Waals surface area contributed by atoms with Gasteiger partial charge >= 0.3 is 5.97 Å². The molecule has 0 atom stereocenters. The molecule has 3 aromatic rings. The summed E-state index contributed by atoms with van der Waals surface area (Å²) in [7, 11) is 3.33. The van der Waals surface area contributed by atoms with E-state index in [1.165, 1.54) is 11.3 Å². The number of nitrogens with zero attached hydrogens (tertiary/aromatic N) is 1. The number of hydrogen-bond acceptors (Lipinski definition) is 5. The number of amides is 1. The average Bonchev–Trinajstić information content (AvgIpc) is 3.20. The van der Waals surface area contributed by atoms with Crippen LogP contribution in [0, 0.1) is 0 Å². The van der Waals surface area contributed by atoms with E-state index in [0.29, 0.717) is 12.1 Å². The molecule has 3 rings (SSSR count). The fourth-order valence-corrected chi connectivity index (χ4v) is 3.19. The number of carbonyl (C=O) groups is 2. The topological polar surface area (TPSA) is 55.8 Å². The molecule has 5 nitrogen and oxygen atoms in total. The molecule has 0 spiro atoms. The van der Waals surface area contributed by atoms with Crippen LogP contribution >= 0.6 is 11.3 Å². The summed E-state index contributed by atoms with van der Waals surface area (Å²) < 4.78 is 10.3. The zero-order chi connectivity index (χ0) is 18.5. The molecule has 0 bridgehead atoms. The van der Waals surface area contributed by atoms with Gasteiger partial charge in [0.15, 0.2) is 6.61 Å². The fraction of sp³-hybridized carbons (Fsp3) is 0.200. The molecular weight excluding hydrogens is 350 g/mol. The molecule has 0 radical (unpaired) electrons. The summed E-state index contributed by atoms with van der Waals surface area (Å²) in [5, 5.41) is 5.64. The van der Waals surface area contributed by atoms with Crippen molar-refractivity contribution in [2.45, 2.75) is 6.54 Å². The van der Waals surface area contributed by atoms with Gasteiger partial charge in [-0.25, -0.2) is 4.79 Å². The van der Waals surface area contributed by atoms with Crippen LogP contribution in [0.25, 0.3) is 10.8 Å². The lowest BCUT2D eigenvalue weighted by Crippen LogP contribution is -2.30. The lowest BCUT2D eigenvalue weighted by Gasteiger charge is -2.17. The Balaban J connectivity index is 1.59. The fourth-order valence-electron chi connectivity index (χ4n) is 2.56. The minimum absolute atomic E-state index is 0.247. The molecule has 2 aromatic carbocycles. The number of thiophene rings is 1. The summed E-state index contributed by atoms with van der Waals surface area (Å²) in [5.74, 6) is 0.0843. The van der Waals surface area contributed by atoms with Gasteiger partial charge in [-0.15, -0.1) is 0 Å². The SMILES string of the molecule is COc1ccc2cc(CN(C)C(=O)COC(=O)c3ccsc3)ccc2c1. The highest BCUT2D eigenvalue weighted by molar-refractivity contribution is 7.08. The Morgan fingerprint density at radius 3 is 2.58 bits per heavy atom. The number of likely N-dealkylation sites (N-methyl/N-ethyl adjacent to an activating group) is 1. The third kappa shape index (κ3) is 4.21. The minimum Gasteiger partial charge on any atom is -0.497 e. The molecular formula is C20H19NO4S. The molecule has 0 aliphatic rings. The number of methoxy groups -OCH3 is 1. The Morgan fingerprint density at radius 2 is 1.85 bits per heavy atom. The Morgan fingerprint density at radius 1 is 1.08 bits per heavy atom. The van der Waals surface area contributed by atoms with Gasteiger partial charge in [-0.1, -0.05) is 18.2 Å². The number of rotatable bonds is 6. The van der Waals surface area contributed by atoms with Crippen molar-refractivity contribution in [1.82, 2.24) is 4.90 Å². The second-order valence-corrected chi connectivity index (χ2v) is 6.67. The van der Waals surface area contributed by atoms with Crippen molar-refractivity contribution < 1.29 is 19.1 Å². The predicted octanol–water partition coefficient (Wildman–Crippen LogP) is 3.73. The van der Waals surface area contributed by atoms with Gasteiger partial charge in [-0.2, -0.15) is 11.3 Å². The highest BCUT2D eigenvalue weighted by Crippen LogP contribution is 2.22. The number of benzene rings is 2. The first-order valence-corrected chi connectivity index (χ1v) is 9.01. The second-order valence-electron chi connectivity index (χ2n) is 5.89. The van der Waals surface area contributed by atoms with E-state index in [1.54, 1.807) is 35.9 Å². The zero-order valence-electron chi connectivity index (χ0n) is 14.6. The van der Waals surface area contributed by atoms with Crippen LogP contribution in [0.3, 0.4) is 0 Å². The first-order chi connectivity index (χ1) is 12.6. The Hall–Kier alpha value is -2.86. The van der Waals surface area contributed by atoms with Crippen molar-refractivity contribution >= 4 is 34.0 Å². The molecule has 134 valence electrons. The number of fused-ring (bicyclic) bond motifs is 1. The van der Waals surface area contributed by atoms with E-state index in [1.807, 2.05) is 36.4 Å². The Labute approximate surface area is 155 Å². The summed E-state index contributed by atoms with van der Waals surface area (Å²) in [6.45, 7) is 0.173. The van der Waals surface area contributed by atoms with Crippen molar-refractivity contribution in [3.05, 3.63) is 64.4 Å². The maximum Gasteiger partial charge on any atom is 0.339 e. The minimum atomic E-state index is -0.479. The van der Waals surface area contributed by atoms with E-state index >= 15 is 0 Å². The second kappa shape index (κ2) is 8.01. The number of carbonyl (C=O) groups excluding carboxylic acids is 2. The van der Waals surface area contributed by atoms with Crippen LogP contribution in [-0.4, -0.2) is 37.5 Å². The van der Waals surface area contributed by atoms with Crippen LogP contribution in [0.1, 0.15) is 15.9 Å². The van der Waals surface area contributed by atoms with Crippen molar-refractivity contribution in [2.75, 3.05) is 20.8 Å². The standard InChI is InChI=1S/C20H19NO4S/c1-21(19(22)12-25-20(23)17-7-8-26-13-17)11-14-3-4-16-10-18(24-2)6-5-15(16)9-14/h3-10,13H,11-12H2,1-2H3. The van der Waals surface area contributed by atoms with Crippen molar-refractivity contribution in [3.8, 4) is 5.75 Å². The molecule has 0 fully saturated rings. The van der Waals surface area contributed by atoms with E-state index in [4.69, 9.17) is 9.47 Å². The van der Waals surface area contributed by atoms with Crippen molar-refractivity contribution in [2.24, 2.45) is 0 Å². The van der Waals surface area contributed by atoms with E-state index in [2.05, 4.69) is 0 Å². The Kier molecular flexibility index (Phi) is 5.53. The molecule has 1 aromatic heterocycles. The molecule has 0 N–H and O–H groups in total. The molecule has 0 saturated heterocycles. The first-order valence-electron chi connectivity index (χ1n) is 8.07. The van der Waals surface area contributed by atoms with Gasteiger partial charge in [0.2, 0.25) is 0 Å². The number of ether oxygens (including phenoxy) is 2. The van der Waals surface area contributed by atoms with Gasteiger partial charge in [0.1, 0.15) is 5.75 Å². The van der Waals surface area contributed by atoms with Crippen molar-refractivity contribution in [1.29, 1.82) is 0 Å². The summed E-state index contributed by atoms with van der Waals surface area (Å²) in [6.07, 6.45) is 0. The lowest BCUT2D eigenvalue weighted by molar-refractivity contribution is -0.133. The summed E-state index contributed by atoms with van der Waals surface area (Å²) in [4.78, 5) is 25.5. The molecule has 1 amide bonds. The maximum absolute atomic E-state index is 12.2. The van der Waals surface area contributed by atoms with Gasteiger partial charge in [0.05, 0.1) is 12.7 Å². The molecule has 0 aliphatic heterocycles. The quantitative estimate of drug-likeness (QED) is 0.622. The largest absolute Gasteiger partial charge is 0.497 e.